The monoisotopic (exact) mass is 363 g/mol. The lowest BCUT2D eigenvalue weighted by Crippen LogP contribution is -2.38. The van der Waals surface area contributed by atoms with Gasteiger partial charge < -0.3 is 29.4 Å². The van der Waals surface area contributed by atoms with Crippen LogP contribution < -0.4 is 14.8 Å². The van der Waals surface area contributed by atoms with Gasteiger partial charge >= 0.3 is 0 Å². The Bertz CT molecular complexity index is 674. The Kier molecular flexibility index (Phi) is 6.00. The Morgan fingerprint density at radius 2 is 2.15 bits per heavy atom. The minimum Gasteiger partial charge on any atom is -0.459 e. The number of hydrogen-bond acceptors (Lipinski definition) is 6. The van der Waals surface area contributed by atoms with Crippen molar-refractivity contribution in [3.05, 3.63) is 35.6 Å². The summed E-state index contributed by atoms with van der Waals surface area (Å²) in [5, 5.41) is 11.9. The van der Waals surface area contributed by atoms with Crippen LogP contribution in [0.15, 0.2) is 30.0 Å². The normalized spacial score (nSPS) is 24.0. The lowest BCUT2D eigenvalue weighted by molar-refractivity contribution is -0.166. The number of amides is 1. The zero-order chi connectivity index (χ0) is 18.5. The second-order valence-corrected chi connectivity index (χ2v) is 6.22. The number of aliphatic hydroxyl groups is 1. The number of carbonyl (C=O) groups is 1. The molecule has 0 fully saturated rings. The van der Waals surface area contributed by atoms with Crippen molar-refractivity contribution in [2.75, 3.05) is 27.1 Å². The molecule has 2 aliphatic rings. The molecule has 142 valence electrons. The highest BCUT2D eigenvalue weighted by Gasteiger charge is 2.38. The molecule has 0 bridgehead atoms. The van der Waals surface area contributed by atoms with E-state index in [0.29, 0.717) is 30.9 Å². The van der Waals surface area contributed by atoms with Gasteiger partial charge in [0.25, 0.3) is 5.91 Å². The minimum atomic E-state index is -0.556. The van der Waals surface area contributed by atoms with E-state index in [9.17, 15) is 9.90 Å². The predicted octanol–water partition coefficient (Wildman–Crippen LogP) is 1.91. The van der Waals surface area contributed by atoms with Crippen LogP contribution in [0.1, 0.15) is 31.2 Å². The fourth-order valence-corrected chi connectivity index (χ4v) is 3.39. The maximum Gasteiger partial charge on any atom is 0.285 e. The second-order valence-electron chi connectivity index (χ2n) is 6.22. The lowest BCUT2D eigenvalue weighted by atomic mass is 9.80. The number of hydrogen-bond donors (Lipinski definition) is 2. The van der Waals surface area contributed by atoms with Gasteiger partial charge in [-0.25, -0.2) is 0 Å². The highest BCUT2D eigenvalue weighted by Crippen LogP contribution is 2.42. The standard InChI is InChI=1S/C19H25NO6/c1-3-23-19-13(5-4-8-21)14(10-17(26-19)18(22)20-2)12-6-7-15-16(9-12)25-11-24-15/h6-7,9-10,13-14,19,21H,3-5,8,11H2,1-2H3,(H,20,22)/t13-,14-,19-/m1/s1. The average Bonchev–Trinajstić information content (AvgIpc) is 3.13. The molecule has 0 aliphatic carbocycles. The van der Waals surface area contributed by atoms with E-state index in [1.807, 2.05) is 31.2 Å². The molecule has 2 aliphatic heterocycles. The smallest absolute Gasteiger partial charge is 0.285 e. The van der Waals surface area contributed by atoms with Crippen molar-refractivity contribution in [1.29, 1.82) is 0 Å². The van der Waals surface area contributed by atoms with E-state index < -0.39 is 6.29 Å². The number of benzene rings is 1. The van der Waals surface area contributed by atoms with Crippen molar-refractivity contribution < 1.29 is 28.8 Å². The Morgan fingerprint density at radius 3 is 2.88 bits per heavy atom. The molecule has 3 rings (SSSR count). The SMILES string of the molecule is CCO[C@@H]1OC(C(=O)NC)=C[C@H](c2ccc3c(c2)OCO3)[C@H]1CCCO. The van der Waals surface area contributed by atoms with Crippen LogP contribution in [0, 0.1) is 5.92 Å². The Balaban J connectivity index is 1.98. The van der Waals surface area contributed by atoms with Gasteiger partial charge in [0.15, 0.2) is 17.3 Å². The molecule has 1 aromatic rings. The molecule has 0 saturated carbocycles. The second kappa shape index (κ2) is 8.42. The molecule has 26 heavy (non-hydrogen) atoms. The number of likely N-dealkylation sites (N-methyl/N-ethyl adjacent to an activating group) is 1. The molecule has 3 atom stereocenters. The Morgan fingerprint density at radius 1 is 1.35 bits per heavy atom. The number of rotatable bonds is 7. The van der Waals surface area contributed by atoms with Crippen molar-refractivity contribution in [3.8, 4) is 11.5 Å². The van der Waals surface area contributed by atoms with Gasteiger partial charge in [-0.05, 0) is 43.5 Å². The highest BCUT2D eigenvalue weighted by atomic mass is 16.7. The first-order valence-corrected chi connectivity index (χ1v) is 8.90. The van der Waals surface area contributed by atoms with Crippen LogP contribution in [0.4, 0.5) is 0 Å². The quantitative estimate of drug-likeness (QED) is 0.770. The molecule has 0 aromatic heterocycles. The molecular weight excluding hydrogens is 338 g/mol. The zero-order valence-electron chi connectivity index (χ0n) is 15.1. The lowest BCUT2D eigenvalue weighted by Gasteiger charge is -2.37. The highest BCUT2D eigenvalue weighted by molar-refractivity contribution is 5.91. The van der Waals surface area contributed by atoms with Gasteiger partial charge in [-0.3, -0.25) is 4.79 Å². The largest absolute Gasteiger partial charge is 0.459 e. The summed E-state index contributed by atoms with van der Waals surface area (Å²) in [5.41, 5.74) is 0.992. The molecular formula is C19H25NO6. The van der Waals surface area contributed by atoms with Crippen molar-refractivity contribution in [2.45, 2.75) is 32.0 Å². The van der Waals surface area contributed by atoms with Crippen LogP contribution >= 0.6 is 0 Å². The third-order valence-corrected chi connectivity index (χ3v) is 4.64. The summed E-state index contributed by atoms with van der Waals surface area (Å²) in [6.07, 6.45) is 2.60. The molecule has 0 spiro atoms. The van der Waals surface area contributed by atoms with E-state index in [-0.39, 0.29) is 36.9 Å². The number of aliphatic hydroxyl groups excluding tert-OH is 1. The van der Waals surface area contributed by atoms with Crippen LogP contribution in [0.2, 0.25) is 0 Å². The molecule has 0 saturated heterocycles. The van der Waals surface area contributed by atoms with Crippen molar-refractivity contribution in [1.82, 2.24) is 5.32 Å². The topological polar surface area (TPSA) is 86.3 Å². The maximum atomic E-state index is 12.2. The molecule has 7 nitrogen and oxygen atoms in total. The molecule has 0 unspecified atom stereocenters. The summed E-state index contributed by atoms with van der Waals surface area (Å²) >= 11 is 0. The number of carbonyl (C=O) groups excluding carboxylic acids is 1. The molecule has 1 amide bonds. The zero-order valence-corrected chi connectivity index (χ0v) is 15.1. The van der Waals surface area contributed by atoms with E-state index >= 15 is 0 Å². The fraction of sp³-hybridized carbons (Fsp3) is 0.526. The third-order valence-electron chi connectivity index (χ3n) is 4.64. The summed E-state index contributed by atoms with van der Waals surface area (Å²) in [6.45, 7) is 2.66. The number of fused-ring (bicyclic) bond motifs is 1. The minimum absolute atomic E-state index is 0.0316. The maximum absolute atomic E-state index is 12.2. The third kappa shape index (κ3) is 3.78. The average molecular weight is 363 g/mol. The molecule has 1 aromatic carbocycles. The summed E-state index contributed by atoms with van der Waals surface area (Å²) in [6, 6.07) is 5.78. The molecule has 0 radical (unpaired) electrons. The van der Waals surface area contributed by atoms with E-state index in [4.69, 9.17) is 18.9 Å². The van der Waals surface area contributed by atoms with Crippen molar-refractivity contribution in [2.24, 2.45) is 5.92 Å². The van der Waals surface area contributed by atoms with Gasteiger partial charge in [-0.2, -0.15) is 0 Å². The first-order valence-electron chi connectivity index (χ1n) is 8.90. The number of ether oxygens (including phenoxy) is 4. The van der Waals surface area contributed by atoms with Gasteiger partial charge in [0, 0.05) is 32.1 Å². The van der Waals surface area contributed by atoms with Crippen LogP contribution in [0.3, 0.4) is 0 Å². The molecule has 2 N–H and O–H groups in total. The van der Waals surface area contributed by atoms with Gasteiger partial charge in [0.1, 0.15) is 0 Å². The van der Waals surface area contributed by atoms with Crippen LogP contribution in [-0.4, -0.2) is 44.4 Å². The van der Waals surface area contributed by atoms with E-state index in [0.717, 1.165) is 5.56 Å². The predicted molar refractivity (Wildman–Crippen MR) is 93.8 cm³/mol. The summed E-state index contributed by atoms with van der Waals surface area (Å²) in [4.78, 5) is 12.2. The summed E-state index contributed by atoms with van der Waals surface area (Å²) < 4.78 is 22.5. The summed E-state index contributed by atoms with van der Waals surface area (Å²) in [7, 11) is 1.57. The van der Waals surface area contributed by atoms with Crippen LogP contribution in [-0.2, 0) is 14.3 Å². The Hall–Kier alpha value is -2.25. The van der Waals surface area contributed by atoms with Gasteiger partial charge in [-0.15, -0.1) is 0 Å². The first-order chi connectivity index (χ1) is 12.7. The first kappa shape index (κ1) is 18.5. The van der Waals surface area contributed by atoms with E-state index in [2.05, 4.69) is 5.32 Å². The summed E-state index contributed by atoms with van der Waals surface area (Å²) in [5.74, 6) is 1.22. The van der Waals surface area contributed by atoms with Gasteiger partial charge in [-0.1, -0.05) is 6.07 Å². The molecule has 7 heteroatoms. The van der Waals surface area contributed by atoms with E-state index in [1.54, 1.807) is 7.05 Å². The molecule has 2 heterocycles. The number of nitrogens with one attached hydrogen (secondary N) is 1. The van der Waals surface area contributed by atoms with E-state index in [1.165, 1.54) is 0 Å². The van der Waals surface area contributed by atoms with Crippen molar-refractivity contribution in [3.63, 3.8) is 0 Å². The Labute approximate surface area is 152 Å². The van der Waals surface area contributed by atoms with Gasteiger partial charge in [0.05, 0.1) is 0 Å². The van der Waals surface area contributed by atoms with Crippen molar-refractivity contribution >= 4 is 5.91 Å². The van der Waals surface area contributed by atoms with Crippen LogP contribution in [0.5, 0.6) is 11.5 Å². The fourth-order valence-electron chi connectivity index (χ4n) is 3.39. The van der Waals surface area contributed by atoms with Gasteiger partial charge in [0.2, 0.25) is 13.1 Å². The van der Waals surface area contributed by atoms with Crippen LogP contribution in [0.25, 0.3) is 0 Å². The number of allylic oxidation sites excluding steroid dienone is 1.